The van der Waals surface area contributed by atoms with Gasteiger partial charge in [-0.3, -0.25) is 4.90 Å². The molecule has 0 fully saturated rings. The summed E-state index contributed by atoms with van der Waals surface area (Å²) in [5.74, 6) is 2.40. The van der Waals surface area contributed by atoms with Gasteiger partial charge in [-0.05, 0) is 26.3 Å². The van der Waals surface area contributed by atoms with Crippen molar-refractivity contribution in [1.29, 1.82) is 0 Å². The Bertz CT molecular complexity index is 437. The maximum absolute atomic E-state index is 9.99. The zero-order valence-corrected chi connectivity index (χ0v) is 12.7. The first-order chi connectivity index (χ1) is 9.52. The van der Waals surface area contributed by atoms with E-state index < -0.39 is 6.10 Å². The molecule has 3 nitrogen and oxygen atoms in total. The molecule has 1 rings (SSSR count). The number of benzene rings is 1. The summed E-state index contributed by atoms with van der Waals surface area (Å²) < 4.78 is 5.18. The van der Waals surface area contributed by atoms with Gasteiger partial charge in [0.05, 0.1) is 12.7 Å². The second-order valence-corrected chi connectivity index (χ2v) is 5.39. The van der Waals surface area contributed by atoms with Crippen LogP contribution in [0, 0.1) is 19.3 Å². The zero-order chi connectivity index (χ0) is 15.0. The van der Waals surface area contributed by atoms with E-state index in [1.54, 1.807) is 0 Å². The van der Waals surface area contributed by atoms with E-state index >= 15 is 0 Å². The molecule has 3 heteroatoms. The lowest BCUT2D eigenvalue weighted by atomic mass is 10.1. The fourth-order valence-electron chi connectivity index (χ4n) is 2.08. The largest absolute Gasteiger partial charge is 0.389 e. The number of rotatable bonds is 8. The smallest absolute Gasteiger partial charge is 0.107 e. The van der Waals surface area contributed by atoms with Crippen LogP contribution in [0.1, 0.15) is 25.0 Å². The van der Waals surface area contributed by atoms with Crippen molar-refractivity contribution < 1.29 is 9.84 Å². The molecule has 20 heavy (non-hydrogen) atoms. The minimum Gasteiger partial charge on any atom is -0.389 e. The van der Waals surface area contributed by atoms with Crippen LogP contribution < -0.4 is 0 Å². The van der Waals surface area contributed by atoms with E-state index in [1.165, 1.54) is 11.1 Å². The predicted octanol–water partition coefficient (Wildman–Crippen LogP) is 2.22. The highest BCUT2D eigenvalue weighted by Crippen LogP contribution is 2.11. The highest BCUT2D eigenvalue weighted by Gasteiger charge is 2.15. The molecule has 0 aliphatic heterocycles. The van der Waals surface area contributed by atoms with Crippen molar-refractivity contribution in [1.82, 2.24) is 4.90 Å². The van der Waals surface area contributed by atoms with Crippen LogP contribution in [0.4, 0.5) is 0 Å². The molecule has 0 saturated carbocycles. The number of hydrogen-bond acceptors (Lipinski definition) is 3. The summed E-state index contributed by atoms with van der Waals surface area (Å²) in [6.45, 7) is 8.28. The number of nitrogens with zero attached hydrogens (tertiary/aromatic N) is 1. The molecule has 0 amide bonds. The molecule has 0 heterocycles. The molecule has 0 unspecified atom stereocenters. The topological polar surface area (TPSA) is 32.7 Å². The molecular weight excluding hydrogens is 250 g/mol. The van der Waals surface area contributed by atoms with Crippen molar-refractivity contribution in [3.63, 3.8) is 0 Å². The molecule has 0 aromatic heterocycles. The van der Waals surface area contributed by atoms with E-state index in [2.05, 4.69) is 55.9 Å². The maximum Gasteiger partial charge on any atom is 0.107 e. The van der Waals surface area contributed by atoms with Gasteiger partial charge in [0.1, 0.15) is 6.61 Å². The molecule has 0 aliphatic carbocycles. The Hall–Kier alpha value is -1.34. The van der Waals surface area contributed by atoms with Gasteiger partial charge in [0.15, 0.2) is 0 Å². The van der Waals surface area contributed by atoms with Gasteiger partial charge in [0.2, 0.25) is 0 Å². The van der Waals surface area contributed by atoms with Gasteiger partial charge < -0.3 is 9.84 Å². The number of aliphatic hydroxyl groups excluding tert-OH is 1. The Morgan fingerprint density at radius 2 is 2.15 bits per heavy atom. The molecule has 1 aromatic rings. The minimum atomic E-state index is -0.518. The van der Waals surface area contributed by atoms with Crippen LogP contribution in [0.2, 0.25) is 0 Å². The van der Waals surface area contributed by atoms with Gasteiger partial charge in [-0.25, -0.2) is 0 Å². The first-order valence-electron chi connectivity index (χ1n) is 7.01. The van der Waals surface area contributed by atoms with E-state index in [1.807, 2.05) is 0 Å². The monoisotopic (exact) mass is 275 g/mol. The highest BCUT2D eigenvalue weighted by molar-refractivity contribution is 5.22. The Labute approximate surface area is 122 Å². The second-order valence-electron chi connectivity index (χ2n) is 5.39. The summed E-state index contributed by atoms with van der Waals surface area (Å²) >= 11 is 0. The molecule has 1 atom stereocenters. The zero-order valence-electron chi connectivity index (χ0n) is 12.7. The number of aliphatic hydroxyl groups is 1. The standard InChI is InChI=1S/C17H25NO2/c1-5-9-20-13-17(19)12-18(14(2)3)11-16-8-6-7-15(4)10-16/h1,6-8,10,14,17,19H,9,11-13H2,2-4H3/t17-/m0/s1. The van der Waals surface area contributed by atoms with Crippen molar-refractivity contribution >= 4 is 0 Å². The summed E-state index contributed by atoms with van der Waals surface area (Å²) in [7, 11) is 0. The van der Waals surface area contributed by atoms with Crippen LogP contribution in [-0.4, -0.2) is 41.9 Å². The molecule has 0 bridgehead atoms. The van der Waals surface area contributed by atoms with Crippen molar-refractivity contribution in [2.24, 2.45) is 0 Å². The average molecular weight is 275 g/mol. The third-order valence-electron chi connectivity index (χ3n) is 3.14. The average Bonchev–Trinajstić information content (AvgIpc) is 2.38. The van der Waals surface area contributed by atoms with Crippen LogP contribution in [0.25, 0.3) is 0 Å². The summed E-state index contributed by atoms with van der Waals surface area (Å²) in [5, 5.41) is 9.99. The van der Waals surface area contributed by atoms with E-state index in [0.29, 0.717) is 12.6 Å². The highest BCUT2D eigenvalue weighted by atomic mass is 16.5. The third kappa shape index (κ3) is 6.21. The van der Waals surface area contributed by atoms with Crippen LogP contribution in [0.15, 0.2) is 24.3 Å². The Morgan fingerprint density at radius 3 is 2.75 bits per heavy atom. The molecule has 0 aliphatic rings. The Morgan fingerprint density at radius 1 is 1.40 bits per heavy atom. The van der Waals surface area contributed by atoms with E-state index in [4.69, 9.17) is 11.2 Å². The molecule has 1 aromatic carbocycles. The fourth-order valence-corrected chi connectivity index (χ4v) is 2.08. The van der Waals surface area contributed by atoms with Gasteiger partial charge in [-0.15, -0.1) is 6.42 Å². The lowest BCUT2D eigenvalue weighted by Crippen LogP contribution is -2.38. The lowest BCUT2D eigenvalue weighted by molar-refractivity contribution is 0.0192. The normalized spacial score (nSPS) is 12.7. The maximum atomic E-state index is 9.99. The molecule has 0 saturated heterocycles. The van der Waals surface area contributed by atoms with Crippen LogP contribution in [0.3, 0.4) is 0 Å². The van der Waals surface area contributed by atoms with Crippen molar-refractivity contribution in [2.75, 3.05) is 19.8 Å². The third-order valence-corrected chi connectivity index (χ3v) is 3.14. The summed E-state index contributed by atoms with van der Waals surface area (Å²) in [6.07, 6.45) is 4.60. The number of ether oxygens (including phenoxy) is 1. The number of aryl methyl sites for hydroxylation is 1. The predicted molar refractivity (Wildman–Crippen MR) is 82.4 cm³/mol. The minimum absolute atomic E-state index is 0.247. The van der Waals surface area contributed by atoms with Gasteiger partial charge in [-0.2, -0.15) is 0 Å². The summed E-state index contributed by atoms with van der Waals surface area (Å²) in [6, 6.07) is 8.81. The molecule has 1 N–H and O–H groups in total. The quantitative estimate of drug-likeness (QED) is 0.583. The van der Waals surface area contributed by atoms with Crippen LogP contribution >= 0.6 is 0 Å². The molecule has 0 spiro atoms. The Balaban J connectivity index is 2.54. The van der Waals surface area contributed by atoms with Gasteiger partial charge in [0.25, 0.3) is 0 Å². The van der Waals surface area contributed by atoms with Crippen molar-refractivity contribution in [3.05, 3.63) is 35.4 Å². The van der Waals surface area contributed by atoms with Crippen molar-refractivity contribution in [2.45, 2.75) is 39.5 Å². The van der Waals surface area contributed by atoms with Crippen LogP contribution in [0.5, 0.6) is 0 Å². The Kier molecular flexibility index (Phi) is 7.32. The van der Waals surface area contributed by atoms with E-state index in [0.717, 1.165) is 6.54 Å². The van der Waals surface area contributed by atoms with Crippen molar-refractivity contribution in [3.8, 4) is 12.3 Å². The first-order valence-corrected chi connectivity index (χ1v) is 7.01. The first kappa shape index (κ1) is 16.7. The van der Waals surface area contributed by atoms with Crippen LogP contribution in [-0.2, 0) is 11.3 Å². The van der Waals surface area contributed by atoms with Gasteiger partial charge in [0, 0.05) is 19.1 Å². The fraction of sp³-hybridized carbons (Fsp3) is 0.529. The number of terminal acetylenes is 1. The molecule has 0 radical (unpaired) electrons. The lowest BCUT2D eigenvalue weighted by Gasteiger charge is -2.28. The molecular formula is C17H25NO2. The van der Waals surface area contributed by atoms with Gasteiger partial charge >= 0.3 is 0 Å². The summed E-state index contributed by atoms with van der Waals surface area (Å²) in [4.78, 5) is 2.23. The summed E-state index contributed by atoms with van der Waals surface area (Å²) in [5.41, 5.74) is 2.51. The van der Waals surface area contributed by atoms with E-state index in [9.17, 15) is 5.11 Å². The van der Waals surface area contributed by atoms with Gasteiger partial charge in [-0.1, -0.05) is 35.7 Å². The second kappa shape index (κ2) is 8.76. The SMILES string of the molecule is C#CCOC[C@@H](O)CN(Cc1cccc(C)c1)C(C)C. The molecule has 110 valence electrons. The number of hydrogen-bond donors (Lipinski definition) is 1. The van der Waals surface area contributed by atoms with E-state index in [-0.39, 0.29) is 13.2 Å².